The van der Waals surface area contributed by atoms with Crippen molar-refractivity contribution in [2.45, 2.75) is 24.8 Å². The SMILES string of the molecule is Cc1ccc(S(=O)(=O)N2C[C@H](C(=O)Nc3ccc4c(c3)sc(=O)n4C)Oc3ccc(C)cc32)cc1. The highest BCUT2D eigenvalue weighted by Crippen LogP contribution is 2.38. The molecule has 1 amide bonds. The van der Waals surface area contributed by atoms with Gasteiger partial charge in [-0.1, -0.05) is 35.1 Å². The van der Waals surface area contributed by atoms with E-state index in [1.165, 1.54) is 4.31 Å². The van der Waals surface area contributed by atoms with Crippen LogP contribution >= 0.6 is 11.3 Å². The first kappa shape index (κ1) is 23.1. The zero-order valence-corrected chi connectivity index (χ0v) is 20.9. The number of nitrogens with zero attached hydrogens (tertiary/aromatic N) is 2. The lowest BCUT2D eigenvalue weighted by Gasteiger charge is -2.35. The number of hydrogen-bond acceptors (Lipinski definition) is 6. The lowest BCUT2D eigenvalue weighted by molar-refractivity contribution is -0.122. The zero-order chi connectivity index (χ0) is 24.9. The van der Waals surface area contributed by atoms with Crippen LogP contribution < -0.4 is 19.2 Å². The molecule has 0 radical (unpaired) electrons. The largest absolute Gasteiger partial charge is 0.476 e. The first-order valence-corrected chi connectivity index (χ1v) is 13.2. The number of benzene rings is 3. The van der Waals surface area contributed by atoms with Gasteiger partial charge in [0.1, 0.15) is 5.75 Å². The van der Waals surface area contributed by atoms with Crippen LogP contribution in [-0.2, 0) is 21.9 Å². The Morgan fingerprint density at radius 1 is 1.03 bits per heavy atom. The Balaban J connectivity index is 1.47. The highest BCUT2D eigenvalue weighted by atomic mass is 32.2. The number of thiazole rings is 1. The predicted octanol–water partition coefficient (Wildman–Crippen LogP) is 3.81. The van der Waals surface area contributed by atoms with Crippen molar-refractivity contribution in [2.24, 2.45) is 7.05 Å². The summed E-state index contributed by atoms with van der Waals surface area (Å²) in [5, 5.41) is 2.80. The molecule has 180 valence electrons. The lowest BCUT2D eigenvalue weighted by Crippen LogP contribution is -2.48. The van der Waals surface area contributed by atoms with Gasteiger partial charge >= 0.3 is 4.87 Å². The fourth-order valence-corrected chi connectivity index (χ4v) is 6.38. The Kier molecular flexibility index (Phi) is 5.65. The van der Waals surface area contributed by atoms with E-state index in [1.807, 2.05) is 13.8 Å². The highest BCUT2D eigenvalue weighted by Gasteiger charge is 2.37. The molecule has 0 aliphatic carbocycles. The Hall–Kier alpha value is -3.63. The molecule has 35 heavy (non-hydrogen) atoms. The Bertz CT molecular complexity index is 1620. The molecule has 0 saturated heterocycles. The summed E-state index contributed by atoms with van der Waals surface area (Å²) in [6.07, 6.45) is -1.07. The van der Waals surface area contributed by atoms with Crippen molar-refractivity contribution >= 4 is 48.9 Å². The summed E-state index contributed by atoms with van der Waals surface area (Å²) in [7, 11) is -2.25. The number of carbonyl (C=O) groups is 1. The fourth-order valence-electron chi connectivity index (χ4n) is 4.00. The second-order valence-corrected chi connectivity index (χ2v) is 11.4. The van der Waals surface area contributed by atoms with Crippen molar-refractivity contribution in [3.05, 3.63) is 81.5 Å². The van der Waals surface area contributed by atoms with Crippen LogP contribution in [0.15, 0.2) is 70.4 Å². The molecular weight excluding hydrogens is 486 g/mol. The monoisotopic (exact) mass is 509 g/mol. The smallest absolute Gasteiger partial charge is 0.307 e. The number of sulfonamides is 1. The van der Waals surface area contributed by atoms with Gasteiger partial charge < -0.3 is 14.6 Å². The number of carbonyl (C=O) groups excluding carboxylic acids is 1. The maximum Gasteiger partial charge on any atom is 0.307 e. The van der Waals surface area contributed by atoms with E-state index in [1.54, 1.807) is 72.3 Å². The predicted molar refractivity (Wildman–Crippen MR) is 137 cm³/mol. The van der Waals surface area contributed by atoms with Crippen LogP contribution in [0.1, 0.15) is 11.1 Å². The first-order valence-electron chi connectivity index (χ1n) is 10.9. The Morgan fingerprint density at radius 3 is 2.49 bits per heavy atom. The molecule has 0 saturated carbocycles. The van der Waals surface area contributed by atoms with Gasteiger partial charge in [0.15, 0.2) is 6.10 Å². The molecule has 2 heterocycles. The third kappa shape index (κ3) is 4.19. The molecule has 3 aromatic carbocycles. The summed E-state index contributed by atoms with van der Waals surface area (Å²) in [5.74, 6) is -0.169. The van der Waals surface area contributed by atoms with E-state index < -0.39 is 22.0 Å². The fraction of sp³-hybridized carbons (Fsp3) is 0.200. The van der Waals surface area contributed by atoms with E-state index in [0.717, 1.165) is 32.7 Å². The number of rotatable bonds is 4. The van der Waals surface area contributed by atoms with E-state index in [2.05, 4.69) is 5.32 Å². The van der Waals surface area contributed by atoms with Crippen LogP contribution in [0, 0.1) is 13.8 Å². The van der Waals surface area contributed by atoms with E-state index in [9.17, 15) is 18.0 Å². The summed E-state index contributed by atoms with van der Waals surface area (Å²) in [4.78, 5) is 25.2. The molecule has 0 fully saturated rings. The van der Waals surface area contributed by atoms with Crippen molar-refractivity contribution in [1.82, 2.24) is 4.57 Å². The molecule has 0 spiro atoms. The van der Waals surface area contributed by atoms with Crippen molar-refractivity contribution in [2.75, 3.05) is 16.2 Å². The summed E-state index contributed by atoms with van der Waals surface area (Å²) >= 11 is 1.09. The lowest BCUT2D eigenvalue weighted by atomic mass is 10.1. The quantitative estimate of drug-likeness (QED) is 0.451. The van der Waals surface area contributed by atoms with Gasteiger partial charge in [-0.2, -0.15) is 0 Å². The third-order valence-electron chi connectivity index (χ3n) is 5.95. The summed E-state index contributed by atoms with van der Waals surface area (Å²) in [6, 6.07) is 17.0. The van der Waals surface area contributed by atoms with Gasteiger partial charge in [0.05, 0.1) is 27.3 Å². The second-order valence-electron chi connectivity index (χ2n) is 8.53. The van der Waals surface area contributed by atoms with Crippen molar-refractivity contribution in [3.63, 3.8) is 0 Å². The second kappa shape index (κ2) is 8.54. The molecule has 8 nitrogen and oxygen atoms in total. The number of aryl methyl sites for hydroxylation is 3. The number of aromatic nitrogens is 1. The molecule has 1 aliphatic rings. The minimum Gasteiger partial charge on any atom is -0.476 e. The number of ether oxygens (including phenoxy) is 1. The van der Waals surface area contributed by atoms with Gasteiger partial charge in [-0.25, -0.2) is 8.42 Å². The maximum atomic E-state index is 13.6. The van der Waals surface area contributed by atoms with Crippen molar-refractivity contribution < 1.29 is 17.9 Å². The number of nitrogens with one attached hydrogen (secondary N) is 1. The minimum atomic E-state index is -3.94. The van der Waals surface area contributed by atoms with E-state index in [0.29, 0.717) is 17.1 Å². The molecule has 10 heteroatoms. The normalized spacial score (nSPS) is 15.5. The third-order valence-corrected chi connectivity index (χ3v) is 8.73. The molecule has 1 N–H and O–H groups in total. The molecule has 1 aromatic heterocycles. The van der Waals surface area contributed by atoms with Crippen LogP contribution in [0.5, 0.6) is 5.75 Å². The molecule has 1 aliphatic heterocycles. The number of hydrogen-bond donors (Lipinski definition) is 1. The average molecular weight is 510 g/mol. The van der Waals surface area contributed by atoms with Crippen molar-refractivity contribution in [3.8, 4) is 5.75 Å². The van der Waals surface area contributed by atoms with E-state index in [4.69, 9.17) is 4.74 Å². The minimum absolute atomic E-state index is 0.0945. The van der Waals surface area contributed by atoms with Crippen LogP contribution in [0.25, 0.3) is 10.2 Å². The van der Waals surface area contributed by atoms with Crippen molar-refractivity contribution in [1.29, 1.82) is 0 Å². The molecule has 5 rings (SSSR count). The number of anilines is 2. The van der Waals surface area contributed by atoms with Crippen LogP contribution in [0.3, 0.4) is 0 Å². The van der Waals surface area contributed by atoms with Crippen LogP contribution in [-0.4, -0.2) is 31.5 Å². The summed E-state index contributed by atoms with van der Waals surface area (Å²) in [5.41, 5.74) is 3.47. The first-order chi connectivity index (χ1) is 16.6. The summed E-state index contributed by atoms with van der Waals surface area (Å²) in [6.45, 7) is 3.57. The zero-order valence-electron chi connectivity index (χ0n) is 19.3. The molecule has 1 atom stereocenters. The standard InChI is InChI=1S/C25H23N3O5S2/c1-15-4-8-18(9-5-15)35(31,32)28-14-22(33-21-11-6-16(2)12-20(21)28)24(29)26-17-7-10-19-23(13-17)34-25(30)27(19)3/h4-13,22H,14H2,1-3H3,(H,26,29)/t22-/m1/s1. The summed E-state index contributed by atoms with van der Waals surface area (Å²) < 4.78 is 36.6. The molecule has 0 unspecified atom stereocenters. The molecular formula is C25H23N3O5S2. The van der Waals surface area contributed by atoms with E-state index in [-0.39, 0.29) is 16.3 Å². The van der Waals surface area contributed by atoms with Crippen LogP contribution in [0.2, 0.25) is 0 Å². The van der Waals surface area contributed by atoms with Gasteiger partial charge in [-0.05, 0) is 61.9 Å². The average Bonchev–Trinajstić information content (AvgIpc) is 3.11. The topological polar surface area (TPSA) is 97.7 Å². The van der Waals surface area contributed by atoms with Gasteiger partial charge in [0, 0.05) is 12.7 Å². The Morgan fingerprint density at radius 2 is 1.74 bits per heavy atom. The maximum absolute atomic E-state index is 13.6. The van der Waals surface area contributed by atoms with Gasteiger partial charge in [0.2, 0.25) is 0 Å². The van der Waals surface area contributed by atoms with Gasteiger partial charge in [-0.15, -0.1) is 0 Å². The molecule has 4 aromatic rings. The van der Waals surface area contributed by atoms with Gasteiger partial charge in [-0.3, -0.25) is 13.9 Å². The van der Waals surface area contributed by atoms with Crippen LogP contribution in [0.4, 0.5) is 11.4 Å². The molecule has 0 bridgehead atoms. The number of fused-ring (bicyclic) bond motifs is 2. The highest BCUT2D eigenvalue weighted by molar-refractivity contribution is 7.92. The number of amides is 1. The van der Waals surface area contributed by atoms with Gasteiger partial charge in [0.25, 0.3) is 15.9 Å². The Labute approximate surface area is 206 Å². The van der Waals surface area contributed by atoms with E-state index >= 15 is 0 Å².